The normalized spacial score (nSPS) is 11.6. The van der Waals surface area contributed by atoms with E-state index in [1.54, 1.807) is 6.07 Å². The van der Waals surface area contributed by atoms with Crippen LogP contribution in [-0.2, 0) is 15.6 Å². The first kappa shape index (κ1) is 11.8. The summed E-state index contributed by atoms with van der Waals surface area (Å²) in [6.07, 6.45) is 0. The molecule has 0 spiro atoms. The summed E-state index contributed by atoms with van der Waals surface area (Å²) in [7, 11) is -3.50. The van der Waals surface area contributed by atoms with E-state index in [0.29, 0.717) is 15.6 Å². The first-order valence-corrected chi connectivity index (χ1v) is 6.27. The SMILES string of the molecule is O=S(=O)(CO)Cc1cc(Cl)ccc1Cl. The molecule has 0 bridgehead atoms. The largest absolute Gasteiger partial charge is 0.380 e. The van der Waals surface area contributed by atoms with Crippen LogP contribution in [-0.4, -0.2) is 19.5 Å². The van der Waals surface area contributed by atoms with Crippen molar-refractivity contribution in [1.29, 1.82) is 0 Å². The van der Waals surface area contributed by atoms with Crippen LogP contribution in [0.5, 0.6) is 0 Å². The Morgan fingerprint density at radius 3 is 2.50 bits per heavy atom. The molecule has 1 aromatic rings. The second-order valence-corrected chi connectivity index (χ2v) is 5.63. The predicted molar refractivity (Wildman–Crippen MR) is 56.2 cm³/mol. The Labute approximate surface area is 92.2 Å². The fourth-order valence-corrected chi connectivity index (χ4v) is 2.20. The Morgan fingerprint density at radius 2 is 1.93 bits per heavy atom. The van der Waals surface area contributed by atoms with Gasteiger partial charge in [0, 0.05) is 10.0 Å². The van der Waals surface area contributed by atoms with Crippen molar-refractivity contribution in [3.63, 3.8) is 0 Å². The van der Waals surface area contributed by atoms with Gasteiger partial charge in [-0.15, -0.1) is 0 Å². The van der Waals surface area contributed by atoms with E-state index in [1.165, 1.54) is 12.1 Å². The molecule has 0 aliphatic rings. The molecule has 1 aromatic carbocycles. The van der Waals surface area contributed by atoms with Gasteiger partial charge in [0.25, 0.3) is 0 Å². The summed E-state index contributed by atoms with van der Waals surface area (Å²) in [5.41, 5.74) is 0.396. The van der Waals surface area contributed by atoms with Gasteiger partial charge in [-0.2, -0.15) is 0 Å². The molecule has 78 valence electrons. The number of aliphatic hydroxyl groups is 1. The maximum absolute atomic E-state index is 11.1. The number of hydrogen-bond donors (Lipinski definition) is 1. The van der Waals surface area contributed by atoms with Gasteiger partial charge in [0.2, 0.25) is 0 Å². The molecule has 0 amide bonds. The van der Waals surface area contributed by atoms with Crippen LogP contribution in [0, 0.1) is 0 Å². The summed E-state index contributed by atoms with van der Waals surface area (Å²) in [5, 5.41) is 9.29. The standard InChI is InChI=1S/C8H8Cl2O3S/c9-7-1-2-8(10)6(3-7)4-14(12,13)5-11/h1-3,11H,4-5H2. The van der Waals surface area contributed by atoms with Gasteiger partial charge in [-0.3, -0.25) is 0 Å². The first-order chi connectivity index (χ1) is 6.44. The van der Waals surface area contributed by atoms with Crippen LogP contribution in [0.15, 0.2) is 18.2 Å². The van der Waals surface area contributed by atoms with Crippen LogP contribution in [0.2, 0.25) is 10.0 Å². The van der Waals surface area contributed by atoms with E-state index in [1.807, 2.05) is 0 Å². The van der Waals surface area contributed by atoms with E-state index in [-0.39, 0.29) is 5.75 Å². The first-order valence-electron chi connectivity index (χ1n) is 3.70. The number of halogens is 2. The average molecular weight is 255 g/mol. The Bertz CT molecular complexity index is 428. The van der Waals surface area contributed by atoms with E-state index < -0.39 is 15.8 Å². The molecule has 14 heavy (non-hydrogen) atoms. The van der Waals surface area contributed by atoms with Crippen molar-refractivity contribution in [3.8, 4) is 0 Å². The van der Waals surface area contributed by atoms with Gasteiger partial charge in [-0.25, -0.2) is 8.42 Å². The lowest BCUT2D eigenvalue weighted by Gasteiger charge is -2.04. The van der Waals surface area contributed by atoms with Gasteiger partial charge < -0.3 is 5.11 Å². The molecule has 0 unspecified atom stereocenters. The summed E-state index contributed by atoms with van der Waals surface area (Å²) < 4.78 is 22.2. The van der Waals surface area contributed by atoms with Gasteiger partial charge in [-0.1, -0.05) is 23.2 Å². The van der Waals surface area contributed by atoms with E-state index in [0.717, 1.165) is 0 Å². The second kappa shape index (κ2) is 4.49. The summed E-state index contributed by atoms with van der Waals surface area (Å²) in [6, 6.07) is 4.56. The quantitative estimate of drug-likeness (QED) is 0.896. The predicted octanol–water partition coefficient (Wildman–Crippen LogP) is 1.86. The third kappa shape index (κ3) is 3.13. The minimum absolute atomic E-state index is 0.303. The van der Waals surface area contributed by atoms with E-state index in [4.69, 9.17) is 28.3 Å². The van der Waals surface area contributed by atoms with Crippen molar-refractivity contribution in [1.82, 2.24) is 0 Å². The summed E-state index contributed by atoms with van der Waals surface area (Å²) in [5.74, 6) is -1.20. The lowest BCUT2D eigenvalue weighted by atomic mass is 10.2. The summed E-state index contributed by atoms with van der Waals surface area (Å²) in [4.78, 5) is 0. The van der Waals surface area contributed by atoms with Gasteiger partial charge in [0.1, 0.15) is 5.94 Å². The smallest absolute Gasteiger partial charge is 0.178 e. The van der Waals surface area contributed by atoms with Gasteiger partial charge in [-0.05, 0) is 23.8 Å². The molecule has 0 aliphatic carbocycles. The maximum atomic E-state index is 11.1. The van der Waals surface area contributed by atoms with Crippen LogP contribution in [0.4, 0.5) is 0 Å². The molecule has 0 aromatic heterocycles. The molecule has 0 saturated heterocycles. The fraction of sp³-hybridized carbons (Fsp3) is 0.250. The van der Waals surface area contributed by atoms with Crippen LogP contribution >= 0.6 is 23.2 Å². The third-order valence-corrected chi connectivity index (χ3v) is 3.33. The lowest BCUT2D eigenvalue weighted by Crippen LogP contribution is -2.08. The van der Waals surface area contributed by atoms with Crippen molar-refractivity contribution in [2.75, 3.05) is 5.94 Å². The molecular formula is C8H8Cl2O3S. The van der Waals surface area contributed by atoms with Gasteiger partial charge in [0.05, 0.1) is 5.75 Å². The minimum atomic E-state index is -3.50. The zero-order valence-corrected chi connectivity index (χ0v) is 9.40. The molecule has 0 atom stereocenters. The Hall–Kier alpha value is -0.290. The molecule has 1 N–H and O–H groups in total. The highest BCUT2D eigenvalue weighted by atomic mass is 35.5. The second-order valence-electron chi connectivity index (χ2n) is 2.75. The number of hydrogen-bond acceptors (Lipinski definition) is 3. The summed E-state index contributed by atoms with van der Waals surface area (Å²) in [6.45, 7) is 0. The maximum Gasteiger partial charge on any atom is 0.178 e. The van der Waals surface area contributed by atoms with Crippen molar-refractivity contribution in [2.24, 2.45) is 0 Å². The molecule has 0 heterocycles. The highest BCUT2D eigenvalue weighted by Gasteiger charge is 2.12. The highest BCUT2D eigenvalue weighted by molar-refractivity contribution is 7.90. The molecule has 0 fully saturated rings. The van der Waals surface area contributed by atoms with Crippen molar-refractivity contribution in [2.45, 2.75) is 5.75 Å². The van der Waals surface area contributed by atoms with Crippen molar-refractivity contribution >= 4 is 33.0 Å². The Kier molecular flexibility index (Phi) is 3.78. The monoisotopic (exact) mass is 254 g/mol. The number of sulfone groups is 1. The minimum Gasteiger partial charge on any atom is -0.380 e. The lowest BCUT2D eigenvalue weighted by molar-refractivity contribution is 0.358. The van der Waals surface area contributed by atoms with E-state index in [9.17, 15) is 8.42 Å². The van der Waals surface area contributed by atoms with Crippen molar-refractivity contribution < 1.29 is 13.5 Å². The number of aliphatic hydroxyl groups excluding tert-OH is 1. The molecule has 1 rings (SSSR count). The molecule has 3 nitrogen and oxygen atoms in total. The van der Waals surface area contributed by atoms with E-state index in [2.05, 4.69) is 0 Å². The van der Waals surface area contributed by atoms with Crippen molar-refractivity contribution in [3.05, 3.63) is 33.8 Å². The molecule has 0 radical (unpaired) electrons. The molecule has 0 saturated carbocycles. The molecule has 6 heteroatoms. The Balaban J connectivity index is 3.03. The highest BCUT2D eigenvalue weighted by Crippen LogP contribution is 2.22. The Morgan fingerprint density at radius 1 is 1.29 bits per heavy atom. The van der Waals surface area contributed by atoms with Crippen LogP contribution < -0.4 is 0 Å². The van der Waals surface area contributed by atoms with Crippen LogP contribution in [0.1, 0.15) is 5.56 Å². The zero-order chi connectivity index (χ0) is 10.8. The number of rotatable bonds is 3. The third-order valence-electron chi connectivity index (χ3n) is 1.58. The van der Waals surface area contributed by atoms with E-state index >= 15 is 0 Å². The van der Waals surface area contributed by atoms with Crippen LogP contribution in [0.25, 0.3) is 0 Å². The zero-order valence-electron chi connectivity index (χ0n) is 7.07. The van der Waals surface area contributed by atoms with Crippen LogP contribution in [0.3, 0.4) is 0 Å². The molecule has 0 aliphatic heterocycles. The van der Waals surface area contributed by atoms with Gasteiger partial charge >= 0.3 is 0 Å². The topological polar surface area (TPSA) is 54.4 Å². The fourth-order valence-electron chi connectivity index (χ4n) is 0.936. The molecular weight excluding hydrogens is 247 g/mol. The average Bonchev–Trinajstić information content (AvgIpc) is 2.11. The summed E-state index contributed by atoms with van der Waals surface area (Å²) >= 11 is 11.4. The number of benzene rings is 1. The van der Waals surface area contributed by atoms with Gasteiger partial charge in [0.15, 0.2) is 9.84 Å².